The Morgan fingerprint density at radius 2 is 1.59 bits per heavy atom. The van der Waals surface area contributed by atoms with Crippen LogP contribution < -0.4 is 10.9 Å². The topological polar surface area (TPSA) is 0 Å². The highest BCUT2D eigenvalue weighted by Gasteiger charge is 2.53. The van der Waals surface area contributed by atoms with E-state index < -0.39 is 11.8 Å². The van der Waals surface area contributed by atoms with Crippen LogP contribution in [0.2, 0.25) is 0 Å². The molecule has 0 aliphatic carbocycles. The van der Waals surface area contributed by atoms with Crippen LogP contribution >= 0.6 is 0 Å². The molecule has 22 heavy (non-hydrogen) atoms. The molecule has 5 heteroatoms. The van der Waals surface area contributed by atoms with Crippen LogP contribution in [0.5, 0.6) is 0 Å². The zero-order valence-corrected chi connectivity index (χ0v) is 12.1. The fraction of sp³-hybridized carbons (Fsp3) is 0.176. The van der Waals surface area contributed by atoms with E-state index in [1.54, 1.807) is 12.1 Å². The fourth-order valence-corrected chi connectivity index (χ4v) is 2.14. The molecule has 0 aliphatic heterocycles. The summed E-state index contributed by atoms with van der Waals surface area (Å²) in [6, 6.07) is 13.1. The van der Waals surface area contributed by atoms with Gasteiger partial charge in [0.1, 0.15) is 0 Å². The Labute approximate surface area is 127 Å². The standard InChI is InChI=1S/C17H15BF4/c1-3-12-7-9-14(10-8-12)18-15-6-4-5-13(11-15)16(2,19)17(20,21)22/h3-11,18H,1H2,2H3. The Balaban J connectivity index is 2.26. The van der Waals surface area contributed by atoms with Gasteiger partial charge in [0, 0.05) is 0 Å². The Kier molecular flexibility index (Phi) is 4.45. The van der Waals surface area contributed by atoms with Crippen LogP contribution in [0.4, 0.5) is 17.6 Å². The Morgan fingerprint density at radius 3 is 2.14 bits per heavy atom. The quantitative estimate of drug-likeness (QED) is 0.599. The summed E-state index contributed by atoms with van der Waals surface area (Å²) < 4.78 is 52.3. The molecule has 0 saturated carbocycles. The van der Waals surface area contributed by atoms with Crippen LogP contribution in [0.1, 0.15) is 18.1 Å². The first-order valence-electron chi connectivity index (χ1n) is 6.80. The molecule has 1 unspecified atom stereocenters. The van der Waals surface area contributed by atoms with Crippen LogP contribution in [-0.2, 0) is 5.67 Å². The van der Waals surface area contributed by atoms with Gasteiger partial charge in [-0.05, 0) is 18.1 Å². The molecular formula is C17H15BF4. The lowest BCUT2D eigenvalue weighted by Crippen LogP contribution is -2.36. The number of halogens is 4. The third kappa shape index (κ3) is 3.41. The maximum Gasteiger partial charge on any atom is 0.426 e. The number of rotatable bonds is 4. The molecule has 0 spiro atoms. The summed E-state index contributed by atoms with van der Waals surface area (Å²) >= 11 is 0. The second-order valence-electron chi connectivity index (χ2n) is 5.32. The zero-order chi connectivity index (χ0) is 16.4. The number of benzene rings is 2. The lowest BCUT2D eigenvalue weighted by molar-refractivity contribution is -0.228. The summed E-state index contributed by atoms with van der Waals surface area (Å²) in [4.78, 5) is 0. The van der Waals surface area contributed by atoms with Crippen molar-refractivity contribution in [3.05, 3.63) is 66.2 Å². The second-order valence-corrected chi connectivity index (χ2v) is 5.32. The smallest absolute Gasteiger partial charge is 0.229 e. The first-order chi connectivity index (χ1) is 10.2. The molecule has 114 valence electrons. The SMILES string of the molecule is C=Cc1ccc(Bc2cccc(C(C)(F)C(F)(F)F)c2)cc1. The summed E-state index contributed by atoms with van der Waals surface area (Å²) in [7, 11) is 0.444. The summed E-state index contributed by atoms with van der Waals surface area (Å²) in [5.41, 5.74) is -1.19. The fourth-order valence-electron chi connectivity index (χ4n) is 2.14. The minimum atomic E-state index is -4.93. The molecule has 0 heterocycles. The van der Waals surface area contributed by atoms with E-state index in [0.29, 0.717) is 19.7 Å². The van der Waals surface area contributed by atoms with Gasteiger partial charge >= 0.3 is 6.18 Å². The molecule has 2 rings (SSSR count). The van der Waals surface area contributed by atoms with E-state index in [-0.39, 0.29) is 5.56 Å². The molecule has 0 nitrogen and oxygen atoms in total. The minimum absolute atomic E-state index is 0.375. The van der Waals surface area contributed by atoms with Crippen molar-refractivity contribution in [2.75, 3.05) is 0 Å². The van der Waals surface area contributed by atoms with Crippen molar-refractivity contribution >= 4 is 24.3 Å². The summed E-state index contributed by atoms with van der Waals surface area (Å²) in [6.45, 7) is 4.20. The lowest BCUT2D eigenvalue weighted by atomic mass is 9.63. The highest BCUT2D eigenvalue weighted by Crippen LogP contribution is 2.41. The van der Waals surface area contributed by atoms with Gasteiger partial charge < -0.3 is 0 Å². The molecule has 1 atom stereocenters. The molecular weight excluding hydrogens is 291 g/mol. The van der Waals surface area contributed by atoms with Crippen molar-refractivity contribution in [1.82, 2.24) is 0 Å². The molecule has 0 N–H and O–H groups in total. The van der Waals surface area contributed by atoms with Gasteiger partial charge in [-0.15, -0.1) is 0 Å². The maximum atomic E-state index is 14.0. The predicted octanol–water partition coefficient (Wildman–Crippen LogP) is 3.46. The van der Waals surface area contributed by atoms with E-state index in [4.69, 9.17) is 0 Å². The minimum Gasteiger partial charge on any atom is -0.229 e. The molecule has 0 radical (unpaired) electrons. The van der Waals surface area contributed by atoms with Crippen LogP contribution in [0.3, 0.4) is 0 Å². The average molecular weight is 306 g/mol. The van der Waals surface area contributed by atoms with E-state index in [2.05, 4.69) is 6.58 Å². The molecule has 0 aliphatic rings. The van der Waals surface area contributed by atoms with E-state index in [9.17, 15) is 17.6 Å². The lowest BCUT2D eigenvalue weighted by Gasteiger charge is -2.24. The van der Waals surface area contributed by atoms with Gasteiger partial charge in [0.05, 0.1) is 0 Å². The van der Waals surface area contributed by atoms with Gasteiger partial charge in [-0.2, -0.15) is 13.2 Å². The van der Waals surface area contributed by atoms with E-state index in [0.717, 1.165) is 17.1 Å². The number of hydrogen-bond donors (Lipinski definition) is 0. The van der Waals surface area contributed by atoms with Crippen LogP contribution in [0, 0.1) is 0 Å². The predicted molar refractivity (Wildman–Crippen MR) is 83.9 cm³/mol. The second kappa shape index (κ2) is 5.99. The van der Waals surface area contributed by atoms with Gasteiger partial charge in [0.25, 0.3) is 0 Å². The molecule has 0 aromatic heterocycles. The Hall–Kier alpha value is -2.04. The summed E-state index contributed by atoms with van der Waals surface area (Å²) in [5, 5.41) is 0. The molecule has 0 fully saturated rings. The van der Waals surface area contributed by atoms with E-state index >= 15 is 0 Å². The van der Waals surface area contributed by atoms with Gasteiger partial charge in [0.2, 0.25) is 5.67 Å². The van der Waals surface area contributed by atoms with Crippen LogP contribution in [0.15, 0.2) is 55.1 Å². The van der Waals surface area contributed by atoms with Crippen molar-refractivity contribution in [3.8, 4) is 0 Å². The molecule has 0 saturated heterocycles. The van der Waals surface area contributed by atoms with Crippen molar-refractivity contribution in [2.45, 2.75) is 18.8 Å². The van der Waals surface area contributed by atoms with Crippen molar-refractivity contribution in [3.63, 3.8) is 0 Å². The van der Waals surface area contributed by atoms with Crippen molar-refractivity contribution in [2.24, 2.45) is 0 Å². The highest BCUT2D eigenvalue weighted by atomic mass is 19.4. The molecule has 2 aromatic carbocycles. The summed E-state index contributed by atoms with van der Waals surface area (Å²) in [6.07, 6.45) is -3.22. The molecule has 0 amide bonds. The molecule has 0 bridgehead atoms. The monoisotopic (exact) mass is 306 g/mol. The van der Waals surface area contributed by atoms with Gasteiger partial charge in [0.15, 0.2) is 7.28 Å². The third-order valence-electron chi connectivity index (χ3n) is 3.63. The molecule has 2 aromatic rings. The largest absolute Gasteiger partial charge is 0.426 e. The zero-order valence-electron chi connectivity index (χ0n) is 12.1. The van der Waals surface area contributed by atoms with E-state index in [1.165, 1.54) is 12.1 Å². The van der Waals surface area contributed by atoms with Gasteiger partial charge in [-0.3, -0.25) is 0 Å². The first-order valence-corrected chi connectivity index (χ1v) is 6.80. The van der Waals surface area contributed by atoms with Gasteiger partial charge in [-0.1, -0.05) is 72.1 Å². The normalized spacial score (nSPS) is 14.2. The highest BCUT2D eigenvalue weighted by molar-refractivity contribution is 6.67. The number of hydrogen-bond acceptors (Lipinski definition) is 0. The van der Waals surface area contributed by atoms with Crippen LogP contribution in [-0.4, -0.2) is 13.5 Å². The van der Waals surface area contributed by atoms with E-state index in [1.807, 2.05) is 24.3 Å². The van der Waals surface area contributed by atoms with Crippen LogP contribution in [0.25, 0.3) is 6.08 Å². The third-order valence-corrected chi connectivity index (χ3v) is 3.63. The van der Waals surface area contributed by atoms with Crippen molar-refractivity contribution in [1.29, 1.82) is 0 Å². The Bertz CT molecular complexity index is 657. The van der Waals surface area contributed by atoms with Crippen molar-refractivity contribution < 1.29 is 17.6 Å². The number of alkyl halides is 4. The first kappa shape index (κ1) is 16.3. The summed E-state index contributed by atoms with van der Waals surface area (Å²) in [5.74, 6) is 0. The Morgan fingerprint density at radius 1 is 0.955 bits per heavy atom. The van der Waals surface area contributed by atoms with Gasteiger partial charge in [-0.25, -0.2) is 4.39 Å². The average Bonchev–Trinajstić information content (AvgIpc) is 2.47. The maximum absolute atomic E-state index is 14.0.